The molecule has 2 N–H and O–H groups in total. The Kier molecular flexibility index (Phi) is 3.37. The second-order valence-electron chi connectivity index (χ2n) is 3.60. The highest BCUT2D eigenvalue weighted by Crippen LogP contribution is 2.29. The fourth-order valence-corrected chi connectivity index (χ4v) is 1.48. The quantitative estimate of drug-likeness (QED) is 0.647. The maximum Gasteiger partial charge on any atom is 0.311 e. The number of nitro groups is 1. The number of benzene rings is 1. The van der Waals surface area contributed by atoms with Crippen molar-refractivity contribution in [3.8, 4) is 5.75 Å². The van der Waals surface area contributed by atoms with Crippen LogP contribution in [0, 0.1) is 10.1 Å². The molecule has 0 atom stereocenters. The molecule has 0 saturated heterocycles. The zero-order chi connectivity index (χ0) is 13.8. The molecule has 1 aromatic heterocycles. The van der Waals surface area contributed by atoms with Crippen LogP contribution in [0.1, 0.15) is 10.4 Å². The summed E-state index contributed by atoms with van der Waals surface area (Å²) in [5.41, 5.74) is -0.700. The molecule has 1 amide bonds. The fourth-order valence-electron chi connectivity index (χ4n) is 1.48. The number of amides is 1. The minimum Gasteiger partial charge on any atom is -0.502 e. The van der Waals surface area contributed by atoms with Crippen molar-refractivity contribution in [2.45, 2.75) is 0 Å². The summed E-state index contributed by atoms with van der Waals surface area (Å²) in [6, 6.07) is 8.65. The van der Waals surface area contributed by atoms with E-state index in [2.05, 4.69) is 10.3 Å². The first kappa shape index (κ1) is 12.5. The van der Waals surface area contributed by atoms with Gasteiger partial charge in [0.25, 0.3) is 5.91 Å². The maximum absolute atomic E-state index is 11.9. The summed E-state index contributed by atoms with van der Waals surface area (Å²) < 4.78 is 0. The van der Waals surface area contributed by atoms with Crippen LogP contribution in [0.2, 0.25) is 0 Å². The number of phenols is 1. The van der Waals surface area contributed by atoms with Gasteiger partial charge in [-0.2, -0.15) is 0 Å². The molecule has 0 saturated carbocycles. The van der Waals surface area contributed by atoms with Crippen molar-refractivity contribution in [1.82, 2.24) is 4.98 Å². The van der Waals surface area contributed by atoms with Crippen LogP contribution < -0.4 is 5.32 Å². The van der Waals surface area contributed by atoms with E-state index in [0.29, 0.717) is 5.82 Å². The van der Waals surface area contributed by atoms with Crippen LogP contribution in [0.25, 0.3) is 0 Å². The van der Waals surface area contributed by atoms with E-state index >= 15 is 0 Å². The number of phenolic OH excluding ortho intramolecular Hbond substituents is 1. The van der Waals surface area contributed by atoms with Gasteiger partial charge in [0.05, 0.1) is 10.5 Å². The van der Waals surface area contributed by atoms with Gasteiger partial charge in [0.1, 0.15) is 5.82 Å². The van der Waals surface area contributed by atoms with Crippen LogP contribution in [0.15, 0.2) is 42.6 Å². The molecule has 0 fully saturated rings. The smallest absolute Gasteiger partial charge is 0.311 e. The third-order valence-corrected chi connectivity index (χ3v) is 2.36. The van der Waals surface area contributed by atoms with E-state index in [0.717, 1.165) is 6.07 Å². The van der Waals surface area contributed by atoms with Crippen LogP contribution in [-0.2, 0) is 0 Å². The molecule has 0 aliphatic rings. The normalized spacial score (nSPS) is 9.89. The number of carbonyl (C=O) groups excluding carboxylic acids is 1. The predicted octanol–water partition coefficient (Wildman–Crippen LogP) is 1.95. The first-order chi connectivity index (χ1) is 9.09. The fraction of sp³-hybridized carbons (Fsp3) is 0. The van der Waals surface area contributed by atoms with Crippen molar-refractivity contribution in [3.05, 3.63) is 58.3 Å². The van der Waals surface area contributed by atoms with Crippen molar-refractivity contribution >= 4 is 17.4 Å². The second kappa shape index (κ2) is 5.13. The third-order valence-electron chi connectivity index (χ3n) is 2.36. The lowest BCUT2D eigenvalue weighted by atomic mass is 10.1. The maximum atomic E-state index is 11.9. The first-order valence-electron chi connectivity index (χ1n) is 5.28. The van der Waals surface area contributed by atoms with Gasteiger partial charge in [0.15, 0.2) is 0 Å². The molecule has 0 aliphatic carbocycles. The highest BCUT2D eigenvalue weighted by Gasteiger charge is 2.20. The molecular weight excluding hydrogens is 250 g/mol. The summed E-state index contributed by atoms with van der Waals surface area (Å²) in [6.07, 6.45) is 1.49. The lowest BCUT2D eigenvalue weighted by Crippen LogP contribution is -2.13. The van der Waals surface area contributed by atoms with Crippen molar-refractivity contribution in [2.24, 2.45) is 0 Å². The van der Waals surface area contributed by atoms with Gasteiger partial charge in [-0.1, -0.05) is 12.1 Å². The minimum absolute atomic E-state index is 0.181. The largest absolute Gasteiger partial charge is 0.502 e. The highest BCUT2D eigenvalue weighted by molar-refractivity contribution is 6.06. The number of carbonyl (C=O) groups is 1. The van der Waals surface area contributed by atoms with E-state index in [9.17, 15) is 20.0 Å². The number of nitrogens with one attached hydrogen (secondary N) is 1. The molecule has 0 bridgehead atoms. The highest BCUT2D eigenvalue weighted by atomic mass is 16.6. The number of pyridine rings is 1. The standard InChI is InChI=1S/C12H9N3O4/c16-11-8(4-3-5-9(11)15(18)19)12(17)14-10-6-1-2-7-13-10/h1-7,16H,(H,13,14,17). The van der Waals surface area contributed by atoms with Crippen LogP contribution in [0.4, 0.5) is 11.5 Å². The number of hydrogen-bond donors (Lipinski definition) is 2. The van der Waals surface area contributed by atoms with Crippen LogP contribution in [0.5, 0.6) is 5.75 Å². The minimum atomic E-state index is -0.757. The van der Waals surface area contributed by atoms with Crippen LogP contribution in [-0.4, -0.2) is 20.9 Å². The number of aromatic hydroxyl groups is 1. The van der Waals surface area contributed by atoms with Gasteiger partial charge in [-0.3, -0.25) is 14.9 Å². The van der Waals surface area contributed by atoms with E-state index in [1.807, 2.05) is 0 Å². The molecule has 7 heteroatoms. The lowest BCUT2D eigenvalue weighted by molar-refractivity contribution is -0.385. The molecule has 96 valence electrons. The van der Waals surface area contributed by atoms with Gasteiger partial charge >= 0.3 is 5.69 Å². The number of rotatable bonds is 3. The Bertz CT molecular complexity index is 628. The number of anilines is 1. The van der Waals surface area contributed by atoms with Crippen molar-refractivity contribution in [2.75, 3.05) is 5.32 Å². The second-order valence-corrected chi connectivity index (χ2v) is 3.60. The summed E-state index contributed by atoms with van der Waals surface area (Å²) in [6.45, 7) is 0. The molecule has 2 rings (SSSR count). The molecule has 0 radical (unpaired) electrons. The molecule has 7 nitrogen and oxygen atoms in total. The molecule has 19 heavy (non-hydrogen) atoms. The Balaban J connectivity index is 2.30. The monoisotopic (exact) mass is 259 g/mol. The predicted molar refractivity (Wildman–Crippen MR) is 67.0 cm³/mol. The lowest BCUT2D eigenvalue weighted by Gasteiger charge is -2.05. The molecule has 0 spiro atoms. The van der Waals surface area contributed by atoms with Gasteiger partial charge in [-0.25, -0.2) is 4.98 Å². The number of para-hydroxylation sites is 1. The molecule has 0 aliphatic heterocycles. The van der Waals surface area contributed by atoms with E-state index in [4.69, 9.17) is 0 Å². The summed E-state index contributed by atoms with van der Waals surface area (Å²) in [5, 5.41) is 22.8. The van der Waals surface area contributed by atoms with Crippen LogP contribution in [0.3, 0.4) is 0 Å². The zero-order valence-corrected chi connectivity index (χ0v) is 9.61. The molecule has 1 aromatic carbocycles. The average Bonchev–Trinajstić information content (AvgIpc) is 2.39. The summed E-state index contributed by atoms with van der Waals surface area (Å²) in [5.74, 6) is -1.04. The first-order valence-corrected chi connectivity index (χ1v) is 5.28. The Morgan fingerprint density at radius 2 is 2.05 bits per heavy atom. The third kappa shape index (κ3) is 2.65. The number of aromatic nitrogens is 1. The van der Waals surface area contributed by atoms with Crippen LogP contribution >= 0.6 is 0 Å². The van der Waals surface area contributed by atoms with Gasteiger partial charge in [-0.05, 0) is 18.2 Å². The topological polar surface area (TPSA) is 105 Å². The van der Waals surface area contributed by atoms with E-state index in [-0.39, 0.29) is 5.56 Å². The molecule has 0 unspecified atom stereocenters. The molecule has 2 aromatic rings. The Hall–Kier alpha value is -2.96. The van der Waals surface area contributed by atoms with E-state index in [1.165, 1.54) is 18.3 Å². The zero-order valence-electron chi connectivity index (χ0n) is 9.61. The Morgan fingerprint density at radius 1 is 1.26 bits per heavy atom. The number of nitrogens with zero attached hydrogens (tertiary/aromatic N) is 2. The summed E-state index contributed by atoms with van der Waals surface area (Å²) in [7, 11) is 0. The SMILES string of the molecule is O=C(Nc1ccccn1)c1cccc([N+](=O)[O-])c1O. The van der Waals surface area contributed by atoms with E-state index in [1.54, 1.807) is 18.2 Å². The van der Waals surface area contributed by atoms with Crippen molar-refractivity contribution < 1.29 is 14.8 Å². The molecular formula is C12H9N3O4. The van der Waals surface area contributed by atoms with Gasteiger partial charge in [0.2, 0.25) is 5.75 Å². The Labute approximate surface area is 107 Å². The number of hydrogen-bond acceptors (Lipinski definition) is 5. The van der Waals surface area contributed by atoms with Gasteiger partial charge in [0, 0.05) is 12.3 Å². The van der Waals surface area contributed by atoms with Gasteiger partial charge < -0.3 is 10.4 Å². The van der Waals surface area contributed by atoms with Crippen molar-refractivity contribution in [3.63, 3.8) is 0 Å². The summed E-state index contributed by atoms with van der Waals surface area (Å²) >= 11 is 0. The van der Waals surface area contributed by atoms with Crippen molar-refractivity contribution in [1.29, 1.82) is 0 Å². The number of nitro benzene ring substituents is 1. The van der Waals surface area contributed by atoms with Gasteiger partial charge in [-0.15, -0.1) is 0 Å². The average molecular weight is 259 g/mol. The van der Waals surface area contributed by atoms with E-state index < -0.39 is 22.3 Å². The Morgan fingerprint density at radius 3 is 2.68 bits per heavy atom. The summed E-state index contributed by atoms with van der Waals surface area (Å²) in [4.78, 5) is 25.7. The molecule has 1 heterocycles.